The van der Waals surface area contributed by atoms with Crippen molar-refractivity contribution >= 4 is 33.9 Å². The molecule has 2 aromatic carbocycles. The molecule has 0 saturated heterocycles. The fourth-order valence-electron chi connectivity index (χ4n) is 4.82. The predicted octanol–water partition coefficient (Wildman–Crippen LogP) is 6.88. The van der Waals surface area contributed by atoms with E-state index in [1.165, 1.54) is 24.5 Å². The molecular weight excluding hydrogens is 553 g/mol. The van der Waals surface area contributed by atoms with Crippen LogP contribution in [0.5, 0.6) is 0 Å². The van der Waals surface area contributed by atoms with Crippen LogP contribution in [-0.2, 0) is 0 Å². The number of halogens is 2. The molecule has 5 aromatic rings. The Morgan fingerprint density at radius 2 is 1.90 bits per heavy atom. The van der Waals surface area contributed by atoms with Gasteiger partial charge in [0.2, 0.25) is 5.95 Å². The van der Waals surface area contributed by atoms with E-state index in [1.54, 1.807) is 23.0 Å². The molecule has 0 radical (unpaired) electrons. The third-order valence-corrected chi connectivity index (χ3v) is 7.37. The van der Waals surface area contributed by atoms with Crippen molar-refractivity contribution in [3.63, 3.8) is 0 Å². The summed E-state index contributed by atoms with van der Waals surface area (Å²) in [6.07, 6.45) is 7.25. The zero-order valence-corrected chi connectivity index (χ0v) is 23.1. The summed E-state index contributed by atoms with van der Waals surface area (Å²) >= 11 is 6.75. The van der Waals surface area contributed by atoms with Gasteiger partial charge in [-0.2, -0.15) is 14.9 Å². The van der Waals surface area contributed by atoms with Crippen LogP contribution in [0.1, 0.15) is 67.5 Å². The number of hydrogen-bond donors (Lipinski definition) is 2. The summed E-state index contributed by atoms with van der Waals surface area (Å²) in [6.45, 7) is 0. The smallest absolute Gasteiger partial charge is 0.212 e. The van der Waals surface area contributed by atoms with E-state index < -0.39 is 12.0 Å². The van der Waals surface area contributed by atoms with Crippen molar-refractivity contribution < 1.29 is 5.76 Å². The van der Waals surface area contributed by atoms with E-state index in [9.17, 15) is 16.3 Å². The summed E-state index contributed by atoms with van der Waals surface area (Å²) in [5.74, 6) is -0.670. The summed E-state index contributed by atoms with van der Waals surface area (Å²) in [7, 11) is 0. The van der Waals surface area contributed by atoms with Crippen molar-refractivity contribution in [1.29, 1.82) is 10.5 Å². The zero-order valence-electron chi connectivity index (χ0n) is 23.3. The topological polar surface area (TPSA) is 128 Å². The molecule has 42 heavy (non-hydrogen) atoms. The van der Waals surface area contributed by atoms with Crippen LogP contribution in [-0.4, -0.2) is 25.0 Å². The Bertz CT molecular complexity index is 1860. The molecule has 3 aromatic heterocycles. The Morgan fingerprint density at radius 1 is 1.07 bits per heavy atom. The van der Waals surface area contributed by atoms with Gasteiger partial charge in [0.05, 0.1) is 53.5 Å². The first kappa shape index (κ1) is 25.9. The van der Waals surface area contributed by atoms with Gasteiger partial charge in [-0.15, -0.1) is 5.10 Å². The minimum Gasteiger partial charge on any atom is -0.377 e. The number of pyridine rings is 2. The molecule has 1 aliphatic rings. The SMILES string of the molecule is [2H]C(Nc1cc(Cl)c2ncc(C#N)c(N[C@@H](CCC#N)c3ccccc3)c2c1)(c1ccc(F)nc1)c1cn(C2CC2)nn1. The monoisotopic (exact) mass is 578 g/mol. The zero-order chi connectivity index (χ0) is 30.0. The van der Waals surface area contributed by atoms with Crippen LogP contribution in [0.25, 0.3) is 10.9 Å². The average molecular weight is 579 g/mol. The molecule has 9 nitrogen and oxygen atoms in total. The maximum atomic E-state index is 13.8. The first-order chi connectivity index (χ1) is 20.9. The highest BCUT2D eigenvalue weighted by atomic mass is 35.5. The van der Waals surface area contributed by atoms with Crippen LogP contribution >= 0.6 is 11.6 Å². The van der Waals surface area contributed by atoms with Crippen molar-refractivity contribution in [2.24, 2.45) is 0 Å². The number of rotatable bonds is 10. The molecule has 2 N–H and O–H groups in total. The molecule has 208 valence electrons. The maximum Gasteiger partial charge on any atom is 0.212 e. The van der Waals surface area contributed by atoms with Gasteiger partial charge in [0.25, 0.3) is 0 Å². The average Bonchev–Trinajstić information content (AvgIpc) is 3.75. The van der Waals surface area contributed by atoms with E-state index in [2.05, 4.69) is 43.1 Å². The summed E-state index contributed by atoms with van der Waals surface area (Å²) < 4.78 is 25.1. The lowest BCUT2D eigenvalue weighted by Crippen LogP contribution is -2.14. The molecule has 2 atom stereocenters. The first-order valence-electron chi connectivity index (χ1n) is 13.9. The quantitative estimate of drug-likeness (QED) is 0.172. The summed E-state index contributed by atoms with van der Waals surface area (Å²) in [4.78, 5) is 8.22. The van der Waals surface area contributed by atoms with E-state index in [1.807, 2.05) is 30.3 Å². The van der Waals surface area contributed by atoms with E-state index in [0.29, 0.717) is 57.0 Å². The van der Waals surface area contributed by atoms with Gasteiger partial charge in [-0.05, 0) is 48.6 Å². The van der Waals surface area contributed by atoms with Crippen LogP contribution < -0.4 is 10.6 Å². The van der Waals surface area contributed by atoms with Gasteiger partial charge in [-0.25, -0.2) is 9.67 Å². The van der Waals surface area contributed by atoms with Gasteiger partial charge in [0.15, 0.2) is 0 Å². The van der Waals surface area contributed by atoms with Gasteiger partial charge in [-0.1, -0.05) is 53.2 Å². The lowest BCUT2D eigenvalue weighted by molar-refractivity contribution is 0.581. The normalized spacial score (nSPS) is 15.2. The molecule has 11 heteroatoms. The Balaban J connectivity index is 1.45. The third-order valence-electron chi connectivity index (χ3n) is 7.08. The fourth-order valence-corrected chi connectivity index (χ4v) is 5.09. The number of nitriles is 2. The van der Waals surface area contributed by atoms with Crippen LogP contribution in [0, 0.1) is 28.6 Å². The highest BCUT2D eigenvalue weighted by molar-refractivity contribution is 6.35. The fraction of sp³-hybridized carbons (Fsp3) is 0.226. The van der Waals surface area contributed by atoms with E-state index in [0.717, 1.165) is 18.4 Å². The third kappa shape index (κ3) is 5.71. The molecule has 1 fully saturated rings. The van der Waals surface area contributed by atoms with Crippen molar-refractivity contribution in [2.45, 2.75) is 43.8 Å². The van der Waals surface area contributed by atoms with Gasteiger partial charge in [0.1, 0.15) is 11.8 Å². The number of aromatic nitrogens is 5. The Labute approximate surface area is 248 Å². The van der Waals surface area contributed by atoms with Gasteiger partial charge >= 0.3 is 0 Å². The highest BCUT2D eigenvalue weighted by Crippen LogP contribution is 2.38. The lowest BCUT2D eigenvalue weighted by atomic mass is 10.00. The van der Waals surface area contributed by atoms with Crippen LogP contribution in [0.15, 0.2) is 73.2 Å². The number of benzene rings is 2. The molecule has 6 rings (SSSR count). The molecule has 0 aliphatic heterocycles. The highest BCUT2D eigenvalue weighted by Gasteiger charge is 2.27. The van der Waals surface area contributed by atoms with Crippen LogP contribution in [0.2, 0.25) is 5.02 Å². The van der Waals surface area contributed by atoms with Crippen LogP contribution in [0.3, 0.4) is 0 Å². The summed E-state index contributed by atoms with van der Waals surface area (Å²) in [5, 5.41) is 35.4. The molecule has 1 aliphatic carbocycles. The van der Waals surface area contributed by atoms with Crippen molar-refractivity contribution in [3.8, 4) is 12.1 Å². The van der Waals surface area contributed by atoms with E-state index >= 15 is 0 Å². The number of nitrogens with zero attached hydrogens (tertiary/aromatic N) is 7. The molecule has 0 bridgehead atoms. The number of anilines is 2. The molecule has 1 unspecified atom stereocenters. The summed E-state index contributed by atoms with van der Waals surface area (Å²) in [6, 6.07) is 18.4. The maximum absolute atomic E-state index is 13.8. The first-order valence-corrected chi connectivity index (χ1v) is 13.8. The molecule has 3 heterocycles. The minimum absolute atomic E-state index is 0.245. The Morgan fingerprint density at radius 3 is 2.62 bits per heavy atom. The standard InChI is InChI=1S/C31H25ClFN9/c32-25-14-22(38-30(20-8-11-28(33)36-16-20)27-18-42(41-40-27)23-9-10-23)13-24-29(21(15-35)17-37-31(24)25)39-26(7-4-12-34)19-5-2-1-3-6-19/h1-3,5-6,8,11,13-14,16-18,23,26,30,38H,4,7,9-10H2,(H,37,39)/t26-,30?/m0/s1/i30D. The second-order valence-electron chi connectivity index (χ2n) is 10.0. The minimum atomic E-state index is -1.71. The summed E-state index contributed by atoms with van der Waals surface area (Å²) in [5.41, 5.74) is 3.29. The van der Waals surface area contributed by atoms with Crippen LogP contribution in [0.4, 0.5) is 15.8 Å². The Hall–Kier alpha value is -5.06. The van der Waals surface area contributed by atoms with Gasteiger partial charge in [-0.3, -0.25) is 4.98 Å². The van der Waals surface area contributed by atoms with E-state index in [-0.39, 0.29) is 12.1 Å². The molecular formula is C31H25ClFN9. The second-order valence-corrected chi connectivity index (χ2v) is 10.4. The molecule has 0 amide bonds. The second kappa shape index (κ2) is 11.8. The van der Waals surface area contributed by atoms with Crippen molar-refractivity contribution in [2.75, 3.05) is 10.6 Å². The van der Waals surface area contributed by atoms with Crippen molar-refractivity contribution in [3.05, 3.63) is 107 Å². The lowest BCUT2D eigenvalue weighted by Gasteiger charge is -2.23. The number of hydrogen-bond acceptors (Lipinski definition) is 8. The number of nitrogens with one attached hydrogen (secondary N) is 2. The molecule has 0 spiro atoms. The van der Waals surface area contributed by atoms with Gasteiger partial charge in [0, 0.05) is 29.9 Å². The number of fused-ring (bicyclic) bond motifs is 1. The molecule has 1 saturated carbocycles. The van der Waals surface area contributed by atoms with Crippen molar-refractivity contribution in [1.82, 2.24) is 25.0 Å². The Kier molecular flexibility index (Phi) is 7.28. The predicted molar refractivity (Wildman–Crippen MR) is 157 cm³/mol. The van der Waals surface area contributed by atoms with Gasteiger partial charge < -0.3 is 10.6 Å². The van der Waals surface area contributed by atoms with E-state index in [4.69, 9.17) is 11.6 Å². The largest absolute Gasteiger partial charge is 0.377 e.